The van der Waals surface area contributed by atoms with Crippen LogP contribution in [0.4, 0.5) is 0 Å². The maximum Gasteiger partial charge on any atom is 0.170 e. The SMILES string of the molecule is C#CCOCCOCCOCCOCCNS(=O)N(CCOCCNC)CCOCCNC. The largest absolute Gasteiger partial charge is 0.379 e. The van der Waals surface area contributed by atoms with Gasteiger partial charge in [-0.05, 0) is 14.1 Å². The summed E-state index contributed by atoms with van der Waals surface area (Å²) in [5.41, 5.74) is 0. The van der Waals surface area contributed by atoms with Crippen LogP contribution in [0.15, 0.2) is 0 Å². The van der Waals surface area contributed by atoms with Crippen LogP contribution in [-0.4, -0.2) is 135 Å². The first-order valence-electron chi connectivity index (χ1n) is 11.4. The zero-order chi connectivity index (χ0) is 24.2. The Labute approximate surface area is 202 Å². The van der Waals surface area contributed by atoms with Gasteiger partial charge in [-0.2, -0.15) is 0 Å². The van der Waals surface area contributed by atoms with Gasteiger partial charge < -0.3 is 39.1 Å². The van der Waals surface area contributed by atoms with Gasteiger partial charge in [-0.15, -0.1) is 6.42 Å². The standard InChI is InChI=1S/C21H44N4O7S/c1-4-10-27-16-18-31-20-21-32-19-17-30-13-7-24-33(26)25(8-14-28-11-5-22-2)9-15-29-12-6-23-3/h1,22-24H,5-21H2,2-3H3. The summed E-state index contributed by atoms with van der Waals surface area (Å²) in [6, 6.07) is 0. The molecule has 0 heterocycles. The molecule has 11 nitrogen and oxygen atoms in total. The Morgan fingerprint density at radius 2 is 1.09 bits per heavy atom. The topological polar surface area (TPSA) is 112 Å². The zero-order valence-corrected chi connectivity index (χ0v) is 21.1. The maximum atomic E-state index is 12.6. The predicted octanol–water partition coefficient (Wildman–Crippen LogP) is -1.37. The first-order chi connectivity index (χ1) is 16.3. The average molecular weight is 497 g/mol. The van der Waals surface area contributed by atoms with Gasteiger partial charge in [0.1, 0.15) is 6.61 Å². The lowest BCUT2D eigenvalue weighted by molar-refractivity contribution is 0.00202. The van der Waals surface area contributed by atoms with Crippen LogP contribution in [0.1, 0.15) is 0 Å². The molecule has 196 valence electrons. The van der Waals surface area contributed by atoms with E-state index in [0.717, 1.165) is 13.1 Å². The van der Waals surface area contributed by atoms with Gasteiger partial charge >= 0.3 is 0 Å². The molecule has 0 saturated heterocycles. The van der Waals surface area contributed by atoms with E-state index < -0.39 is 11.2 Å². The normalized spacial score (nSPS) is 12.3. The monoisotopic (exact) mass is 496 g/mol. The molecule has 1 unspecified atom stereocenters. The van der Waals surface area contributed by atoms with Crippen molar-refractivity contribution in [3.63, 3.8) is 0 Å². The van der Waals surface area contributed by atoms with Crippen LogP contribution in [0.25, 0.3) is 0 Å². The summed E-state index contributed by atoms with van der Waals surface area (Å²) >= 11 is -1.35. The summed E-state index contributed by atoms with van der Waals surface area (Å²) in [6.45, 7) is 8.98. The van der Waals surface area contributed by atoms with Crippen LogP contribution in [-0.2, 0) is 39.6 Å². The molecule has 0 aromatic rings. The number of nitrogens with zero attached hydrogens (tertiary/aromatic N) is 1. The third kappa shape index (κ3) is 24.2. The Bertz CT molecular complexity index is 458. The molecule has 0 aromatic heterocycles. The van der Waals surface area contributed by atoms with Crippen LogP contribution >= 0.6 is 0 Å². The van der Waals surface area contributed by atoms with Crippen LogP contribution < -0.4 is 15.4 Å². The number of nitrogens with one attached hydrogen (secondary N) is 3. The molecule has 0 radical (unpaired) electrons. The van der Waals surface area contributed by atoms with Gasteiger partial charge in [0.25, 0.3) is 0 Å². The number of hydrogen-bond donors (Lipinski definition) is 3. The number of ether oxygens (including phenoxy) is 6. The van der Waals surface area contributed by atoms with Crippen molar-refractivity contribution in [3.8, 4) is 12.3 Å². The molecule has 0 aliphatic carbocycles. The molecule has 0 saturated carbocycles. The molecule has 0 aliphatic rings. The molecule has 0 aliphatic heterocycles. The van der Waals surface area contributed by atoms with Gasteiger partial charge in [0.2, 0.25) is 0 Å². The molecule has 0 rings (SSSR count). The van der Waals surface area contributed by atoms with Gasteiger partial charge in [0.05, 0.1) is 72.7 Å². The molecule has 0 spiro atoms. The molecule has 3 N–H and O–H groups in total. The zero-order valence-electron chi connectivity index (χ0n) is 20.3. The smallest absolute Gasteiger partial charge is 0.170 e. The predicted molar refractivity (Wildman–Crippen MR) is 129 cm³/mol. The molecule has 0 bridgehead atoms. The van der Waals surface area contributed by atoms with Crippen molar-refractivity contribution in [2.45, 2.75) is 0 Å². The van der Waals surface area contributed by atoms with Crippen molar-refractivity contribution in [3.05, 3.63) is 0 Å². The van der Waals surface area contributed by atoms with Crippen molar-refractivity contribution >= 4 is 11.2 Å². The summed E-state index contributed by atoms with van der Waals surface area (Å²) in [7, 11) is 3.75. The van der Waals surface area contributed by atoms with E-state index in [-0.39, 0.29) is 0 Å². The van der Waals surface area contributed by atoms with Crippen LogP contribution in [0, 0.1) is 12.3 Å². The summed E-state index contributed by atoms with van der Waals surface area (Å²) in [5, 5.41) is 6.05. The van der Waals surface area contributed by atoms with Crippen molar-refractivity contribution in [2.75, 3.05) is 126 Å². The molecule has 12 heteroatoms. The highest BCUT2D eigenvalue weighted by Gasteiger charge is 2.12. The summed E-state index contributed by atoms with van der Waals surface area (Å²) < 4.78 is 49.8. The number of rotatable bonds is 27. The van der Waals surface area contributed by atoms with E-state index in [1.807, 2.05) is 14.1 Å². The Balaban J connectivity index is 3.77. The Kier molecular flexibility index (Phi) is 27.0. The lowest BCUT2D eigenvalue weighted by Gasteiger charge is -2.21. The highest BCUT2D eigenvalue weighted by atomic mass is 32.2. The third-order valence-corrected chi connectivity index (χ3v) is 5.26. The first-order valence-corrected chi connectivity index (χ1v) is 12.5. The second-order valence-electron chi connectivity index (χ2n) is 6.60. The van der Waals surface area contributed by atoms with E-state index in [1.54, 1.807) is 4.31 Å². The summed E-state index contributed by atoms with van der Waals surface area (Å²) in [6.07, 6.45) is 5.08. The van der Waals surface area contributed by atoms with Crippen molar-refractivity contribution in [1.82, 2.24) is 19.7 Å². The maximum absolute atomic E-state index is 12.6. The van der Waals surface area contributed by atoms with E-state index in [4.69, 9.17) is 34.8 Å². The van der Waals surface area contributed by atoms with Crippen molar-refractivity contribution in [1.29, 1.82) is 0 Å². The van der Waals surface area contributed by atoms with Gasteiger partial charge in [-0.25, -0.2) is 13.2 Å². The fraction of sp³-hybridized carbons (Fsp3) is 0.905. The minimum Gasteiger partial charge on any atom is -0.379 e. The lowest BCUT2D eigenvalue weighted by Crippen LogP contribution is -2.40. The first kappa shape index (κ1) is 32.3. The molecule has 1 atom stereocenters. The highest BCUT2D eigenvalue weighted by molar-refractivity contribution is 7.80. The van der Waals surface area contributed by atoms with Crippen LogP contribution in [0.2, 0.25) is 0 Å². The minimum absolute atomic E-state index is 0.300. The lowest BCUT2D eigenvalue weighted by atomic mass is 10.6. The number of likely N-dealkylation sites (N-methyl/N-ethyl adjacent to an activating group) is 2. The Morgan fingerprint density at radius 3 is 1.58 bits per heavy atom. The van der Waals surface area contributed by atoms with Crippen LogP contribution in [0.3, 0.4) is 0 Å². The number of hydrogen-bond acceptors (Lipinski definition) is 9. The van der Waals surface area contributed by atoms with Crippen molar-refractivity contribution < 1.29 is 32.6 Å². The van der Waals surface area contributed by atoms with Crippen LogP contribution in [0.5, 0.6) is 0 Å². The van der Waals surface area contributed by atoms with Gasteiger partial charge in [0, 0.05) is 32.7 Å². The Morgan fingerprint density at radius 1 is 0.667 bits per heavy atom. The second kappa shape index (κ2) is 27.6. The summed E-state index contributed by atoms with van der Waals surface area (Å²) in [4.78, 5) is 0. The second-order valence-corrected chi connectivity index (χ2v) is 7.90. The van der Waals surface area contributed by atoms with E-state index >= 15 is 0 Å². The van der Waals surface area contributed by atoms with E-state index in [0.29, 0.717) is 98.9 Å². The average Bonchev–Trinajstić information content (AvgIpc) is 2.82. The van der Waals surface area contributed by atoms with E-state index in [9.17, 15) is 4.21 Å². The fourth-order valence-electron chi connectivity index (χ4n) is 2.25. The van der Waals surface area contributed by atoms with E-state index in [1.165, 1.54) is 0 Å². The highest BCUT2D eigenvalue weighted by Crippen LogP contribution is 1.94. The molecular weight excluding hydrogens is 452 g/mol. The Hall–Kier alpha value is -0.690. The number of terminal acetylenes is 1. The minimum atomic E-state index is -1.35. The van der Waals surface area contributed by atoms with Gasteiger partial charge in [-0.1, -0.05) is 5.92 Å². The van der Waals surface area contributed by atoms with Gasteiger partial charge in [0.15, 0.2) is 11.2 Å². The van der Waals surface area contributed by atoms with Crippen molar-refractivity contribution in [2.24, 2.45) is 0 Å². The molecule has 0 fully saturated rings. The molecule has 33 heavy (non-hydrogen) atoms. The quantitative estimate of drug-likeness (QED) is 0.0937. The fourth-order valence-corrected chi connectivity index (χ4v) is 3.17. The van der Waals surface area contributed by atoms with Gasteiger partial charge in [-0.3, -0.25) is 0 Å². The summed E-state index contributed by atoms with van der Waals surface area (Å²) in [5.74, 6) is 2.39. The van der Waals surface area contributed by atoms with E-state index in [2.05, 4.69) is 21.3 Å². The molecule has 0 aromatic carbocycles. The molecular formula is C21H44N4O7S. The third-order valence-electron chi connectivity index (χ3n) is 3.97. The molecule has 0 amide bonds.